The molecule has 0 bridgehead atoms. The molecule has 17 heavy (non-hydrogen) atoms. The zero-order valence-corrected chi connectivity index (χ0v) is 10.4. The molecule has 1 aliphatic carbocycles. The Morgan fingerprint density at radius 3 is 2.65 bits per heavy atom. The van der Waals surface area contributed by atoms with E-state index < -0.39 is 11.2 Å². The smallest absolute Gasteiger partial charge is 0.237 e. The summed E-state index contributed by atoms with van der Waals surface area (Å²) in [6.45, 7) is 0. The Bertz CT molecular complexity index is 502. The van der Waals surface area contributed by atoms with E-state index in [2.05, 4.69) is 5.32 Å². The van der Waals surface area contributed by atoms with Crippen LogP contribution < -0.4 is 11.1 Å². The van der Waals surface area contributed by atoms with Crippen molar-refractivity contribution in [3.8, 4) is 0 Å². The number of anilines is 1. The minimum atomic E-state index is -0.745. The van der Waals surface area contributed by atoms with E-state index in [1.807, 2.05) is 0 Å². The summed E-state index contributed by atoms with van der Waals surface area (Å²) in [7, 11) is 0. The molecule has 1 saturated carbocycles. The van der Waals surface area contributed by atoms with Gasteiger partial charge in [-0.05, 0) is 31.0 Å². The zero-order valence-electron chi connectivity index (χ0n) is 8.80. The van der Waals surface area contributed by atoms with Gasteiger partial charge >= 0.3 is 0 Å². The number of rotatable bonds is 3. The Morgan fingerprint density at radius 2 is 2.18 bits per heavy atom. The number of carbonyl (C=O) groups is 1. The van der Waals surface area contributed by atoms with Crippen molar-refractivity contribution in [2.24, 2.45) is 11.1 Å². The number of halogens is 2. The van der Waals surface area contributed by atoms with Gasteiger partial charge in [0.1, 0.15) is 5.82 Å². The van der Waals surface area contributed by atoms with Gasteiger partial charge in [0.05, 0.1) is 15.4 Å². The third-order valence-corrected chi connectivity index (χ3v) is 3.53. The molecule has 1 fully saturated rings. The van der Waals surface area contributed by atoms with Gasteiger partial charge in [0.25, 0.3) is 0 Å². The molecule has 1 aliphatic rings. The van der Waals surface area contributed by atoms with E-state index in [0.29, 0.717) is 18.5 Å². The molecule has 0 atom stereocenters. The number of thiocarbonyl (C=S) groups is 1. The van der Waals surface area contributed by atoms with Crippen molar-refractivity contribution in [2.75, 3.05) is 5.32 Å². The van der Waals surface area contributed by atoms with Crippen molar-refractivity contribution >= 4 is 40.4 Å². The second kappa shape index (κ2) is 4.23. The molecule has 0 saturated heterocycles. The number of nitrogens with two attached hydrogens (primary N) is 1. The highest BCUT2D eigenvalue weighted by Crippen LogP contribution is 2.46. The number of benzene rings is 1. The van der Waals surface area contributed by atoms with Gasteiger partial charge in [-0.3, -0.25) is 4.79 Å². The third-order valence-electron chi connectivity index (χ3n) is 2.83. The average Bonchev–Trinajstić information content (AvgIpc) is 3.04. The molecule has 1 amide bonds. The Kier molecular flexibility index (Phi) is 3.05. The number of carbonyl (C=O) groups excluding carboxylic acids is 1. The monoisotopic (exact) mass is 272 g/mol. The Balaban J connectivity index is 2.14. The van der Waals surface area contributed by atoms with Gasteiger partial charge in [-0.1, -0.05) is 23.8 Å². The predicted molar refractivity (Wildman–Crippen MR) is 68.5 cm³/mol. The molecule has 2 rings (SSSR count). The van der Waals surface area contributed by atoms with Gasteiger partial charge in [-0.2, -0.15) is 0 Å². The molecule has 3 N–H and O–H groups in total. The molecule has 0 spiro atoms. The van der Waals surface area contributed by atoms with E-state index in [0.717, 1.165) is 6.07 Å². The quantitative estimate of drug-likeness (QED) is 0.831. The molecule has 0 heterocycles. The van der Waals surface area contributed by atoms with Crippen LogP contribution in [0.25, 0.3) is 0 Å². The second-order valence-corrected chi connectivity index (χ2v) is 4.88. The minimum absolute atomic E-state index is 0.0125. The summed E-state index contributed by atoms with van der Waals surface area (Å²) in [5.41, 5.74) is 5.12. The van der Waals surface area contributed by atoms with Gasteiger partial charge in [0.2, 0.25) is 5.91 Å². The molecule has 90 valence electrons. The largest absolute Gasteiger partial charge is 0.392 e. The summed E-state index contributed by atoms with van der Waals surface area (Å²) in [6, 6.07) is 4.07. The van der Waals surface area contributed by atoms with Crippen molar-refractivity contribution in [1.29, 1.82) is 0 Å². The topological polar surface area (TPSA) is 55.1 Å². The fraction of sp³-hybridized carbons (Fsp3) is 0.273. The number of nitrogens with one attached hydrogen (secondary N) is 1. The Morgan fingerprint density at radius 1 is 1.53 bits per heavy atom. The van der Waals surface area contributed by atoms with E-state index >= 15 is 0 Å². The predicted octanol–water partition coefficient (Wildman–Crippen LogP) is 2.48. The van der Waals surface area contributed by atoms with Crippen molar-refractivity contribution in [1.82, 2.24) is 0 Å². The van der Waals surface area contributed by atoms with E-state index in [4.69, 9.17) is 29.6 Å². The Labute approximate surface area is 108 Å². The lowest BCUT2D eigenvalue weighted by Gasteiger charge is -2.13. The molecule has 0 aliphatic heterocycles. The fourth-order valence-corrected chi connectivity index (χ4v) is 1.95. The van der Waals surface area contributed by atoms with Gasteiger partial charge in [0, 0.05) is 5.69 Å². The van der Waals surface area contributed by atoms with Crippen LogP contribution in [-0.2, 0) is 4.79 Å². The summed E-state index contributed by atoms with van der Waals surface area (Å²) in [6.07, 6.45) is 1.29. The van der Waals surface area contributed by atoms with Gasteiger partial charge < -0.3 is 11.1 Å². The molecule has 1 aromatic rings. The van der Waals surface area contributed by atoms with E-state index in [9.17, 15) is 9.18 Å². The highest BCUT2D eigenvalue weighted by atomic mass is 35.5. The summed E-state index contributed by atoms with van der Waals surface area (Å²) in [5, 5.41) is 2.60. The maximum absolute atomic E-state index is 13.2. The maximum Gasteiger partial charge on any atom is 0.237 e. The highest BCUT2D eigenvalue weighted by molar-refractivity contribution is 7.80. The Hall–Kier alpha value is -1.20. The summed E-state index contributed by atoms with van der Waals surface area (Å²) in [4.78, 5) is 12.1. The van der Waals surface area contributed by atoms with E-state index in [1.165, 1.54) is 12.1 Å². The molecule has 3 nitrogen and oxygen atoms in total. The normalized spacial score (nSPS) is 16.4. The molecular weight excluding hydrogens is 263 g/mol. The lowest BCUT2D eigenvalue weighted by atomic mass is 10.1. The van der Waals surface area contributed by atoms with Crippen LogP contribution in [0.5, 0.6) is 0 Å². The van der Waals surface area contributed by atoms with Crippen molar-refractivity contribution in [3.63, 3.8) is 0 Å². The van der Waals surface area contributed by atoms with Crippen molar-refractivity contribution < 1.29 is 9.18 Å². The first-order valence-corrected chi connectivity index (χ1v) is 5.81. The maximum atomic E-state index is 13.2. The summed E-state index contributed by atoms with van der Waals surface area (Å²) >= 11 is 10.4. The lowest BCUT2D eigenvalue weighted by Crippen LogP contribution is -2.35. The minimum Gasteiger partial charge on any atom is -0.392 e. The van der Waals surface area contributed by atoms with Crippen LogP contribution in [0, 0.1) is 11.2 Å². The molecule has 1 aromatic carbocycles. The van der Waals surface area contributed by atoms with Gasteiger partial charge in [-0.25, -0.2) is 4.39 Å². The van der Waals surface area contributed by atoms with Crippen LogP contribution in [0.2, 0.25) is 5.02 Å². The SMILES string of the molecule is NC(=S)C1(C(=O)Nc2ccc(Cl)c(F)c2)CC1. The van der Waals surface area contributed by atoms with Gasteiger partial charge in [0.15, 0.2) is 0 Å². The van der Waals surface area contributed by atoms with Crippen molar-refractivity contribution in [2.45, 2.75) is 12.8 Å². The molecular formula is C11H10ClFN2OS. The van der Waals surface area contributed by atoms with Crippen molar-refractivity contribution in [3.05, 3.63) is 29.0 Å². The van der Waals surface area contributed by atoms with Crippen LogP contribution in [0.4, 0.5) is 10.1 Å². The number of hydrogen-bond donors (Lipinski definition) is 2. The molecule has 0 unspecified atom stereocenters. The van der Waals surface area contributed by atoms with Crippen LogP contribution in [0.3, 0.4) is 0 Å². The average molecular weight is 273 g/mol. The second-order valence-electron chi connectivity index (χ2n) is 4.03. The third kappa shape index (κ3) is 2.25. The van der Waals surface area contributed by atoms with Crippen LogP contribution in [0.15, 0.2) is 18.2 Å². The fourth-order valence-electron chi connectivity index (χ4n) is 1.53. The number of hydrogen-bond acceptors (Lipinski definition) is 2. The first-order valence-electron chi connectivity index (χ1n) is 5.02. The molecule has 0 radical (unpaired) electrons. The van der Waals surface area contributed by atoms with Crippen LogP contribution in [0.1, 0.15) is 12.8 Å². The standard InChI is InChI=1S/C11H10ClFN2OS/c12-7-2-1-6(5-8(7)13)15-10(16)11(3-4-11)9(14)17/h1-2,5H,3-4H2,(H2,14,17)(H,15,16). The summed E-state index contributed by atoms with van der Waals surface area (Å²) < 4.78 is 13.2. The van der Waals surface area contributed by atoms with E-state index in [-0.39, 0.29) is 15.9 Å². The highest BCUT2D eigenvalue weighted by Gasteiger charge is 2.52. The first kappa shape index (κ1) is 12.3. The van der Waals surface area contributed by atoms with Crippen LogP contribution >= 0.6 is 23.8 Å². The lowest BCUT2D eigenvalue weighted by molar-refractivity contribution is -0.118. The number of amides is 1. The van der Waals surface area contributed by atoms with Crippen LogP contribution in [-0.4, -0.2) is 10.9 Å². The van der Waals surface area contributed by atoms with E-state index in [1.54, 1.807) is 0 Å². The summed E-state index contributed by atoms with van der Waals surface area (Å²) in [5.74, 6) is -0.864. The first-order chi connectivity index (χ1) is 7.95. The zero-order chi connectivity index (χ0) is 12.6. The molecule has 0 aromatic heterocycles. The van der Waals surface area contributed by atoms with Gasteiger partial charge in [-0.15, -0.1) is 0 Å². The molecule has 6 heteroatoms.